The highest BCUT2D eigenvalue weighted by atomic mass is 16.5. The summed E-state index contributed by atoms with van der Waals surface area (Å²) in [5, 5.41) is 33.3. The average molecular weight is 294 g/mol. The van der Waals surface area contributed by atoms with Crippen LogP contribution in [-0.4, -0.2) is 46.7 Å². The number of phenolic OH excluding ortho intramolecular Hbond substituents is 2. The zero-order valence-electron chi connectivity index (χ0n) is 11.8. The molecular weight excluding hydrogens is 272 g/mol. The first-order valence-corrected chi connectivity index (χ1v) is 7.42. The molecule has 0 amide bonds. The number of hydrogen-bond donors (Lipinski definition) is 5. The molecule has 0 saturated carbocycles. The zero-order valence-corrected chi connectivity index (χ0v) is 11.8. The van der Waals surface area contributed by atoms with Crippen molar-refractivity contribution < 1.29 is 20.1 Å². The van der Waals surface area contributed by atoms with Crippen molar-refractivity contribution in [1.82, 2.24) is 5.32 Å². The van der Waals surface area contributed by atoms with Crippen molar-refractivity contribution in [2.75, 3.05) is 13.1 Å². The number of aliphatic hydroxyl groups is 1. The molecule has 2 heterocycles. The van der Waals surface area contributed by atoms with Crippen LogP contribution in [0.3, 0.4) is 0 Å². The first-order chi connectivity index (χ1) is 10.1. The van der Waals surface area contributed by atoms with Gasteiger partial charge in [-0.3, -0.25) is 0 Å². The van der Waals surface area contributed by atoms with E-state index in [0.29, 0.717) is 12.0 Å². The van der Waals surface area contributed by atoms with Crippen LogP contribution in [0.1, 0.15) is 30.1 Å². The fraction of sp³-hybridized carbons (Fsp3) is 0.600. The molecule has 1 aromatic rings. The summed E-state index contributed by atoms with van der Waals surface area (Å²) in [5.41, 5.74) is 7.26. The molecule has 1 aromatic carbocycles. The second-order valence-corrected chi connectivity index (χ2v) is 5.79. The normalized spacial score (nSPS) is 32.7. The lowest BCUT2D eigenvalue weighted by atomic mass is 9.86. The molecule has 2 aliphatic heterocycles. The van der Waals surface area contributed by atoms with E-state index in [9.17, 15) is 15.3 Å². The van der Waals surface area contributed by atoms with Gasteiger partial charge in [0.2, 0.25) is 0 Å². The Hall–Kier alpha value is -1.34. The van der Waals surface area contributed by atoms with Gasteiger partial charge in [-0.05, 0) is 31.0 Å². The molecule has 0 aromatic heterocycles. The summed E-state index contributed by atoms with van der Waals surface area (Å²) >= 11 is 0. The minimum absolute atomic E-state index is 0.107. The van der Waals surface area contributed by atoms with E-state index in [2.05, 4.69) is 5.32 Å². The number of phenols is 2. The summed E-state index contributed by atoms with van der Waals surface area (Å²) < 4.78 is 6.03. The third-order valence-corrected chi connectivity index (χ3v) is 4.47. The van der Waals surface area contributed by atoms with Crippen molar-refractivity contribution in [3.8, 4) is 11.5 Å². The molecule has 1 saturated heterocycles. The number of aromatic hydroxyl groups is 2. The maximum atomic E-state index is 10.2. The van der Waals surface area contributed by atoms with E-state index in [4.69, 9.17) is 10.5 Å². The predicted molar refractivity (Wildman–Crippen MR) is 77.2 cm³/mol. The minimum atomic E-state index is -0.469. The number of fused-ring (bicyclic) bond motifs is 1. The lowest BCUT2D eigenvalue weighted by Gasteiger charge is -2.40. The van der Waals surface area contributed by atoms with Crippen LogP contribution in [-0.2, 0) is 11.2 Å². The van der Waals surface area contributed by atoms with Crippen molar-refractivity contribution >= 4 is 0 Å². The standard InChI is InChI=1S/C15H22N2O4/c16-7-13-8-3-4-11(19)15(20)9(8)6-12(21-13)14-10(18)2-1-5-17-14/h3-4,10,12-14,17-20H,1-2,5-7,16H2. The molecule has 6 heteroatoms. The number of piperidine rings is 1. The summed E-state index contributed by atoms with van der Waals surface area (Å²) in [5.74, 6) is -0.244. The Kier molecular flexibility index (Phi) is 4.03. The summed E-state index contributed by atoms with van der Waals surface area (Å²) in [7, 11) is 0. The Bertz CT molecular complexity index is 523. The van der Waals surface area contributed by atoms with Gasteiger partial charge in [0.1, 0.15) is 0 Å². The molecule has 6 nitrogen and oxygen atoms in total. The van der Waals surface area contributed by atoms with Gasteiger partial charge < -0.3 is 31.1 Å². The molecule has 0 spiro atoms. The van der Waals surface area contributed by atoms with Crippen LogP contribution in [0.2, 0.25) is 0 Å². The molecule has 21 heavy (non-hydrogen) atoms. The summed E-state index contributed by atoms with van der Waals surface area (Å²) in [6, 6.07) is 3.01. The van der Waals surface area contributed by atoms with Gasteiger partial charge in [0.15, 0.2) is 11.5 Å². The van der Waals surface area contributed by atoms with E-state index in [1.54, 1.807) is 6.07 Å². The van der Waals surface area contributed by atoms with Crippen molar-refractivity contribution in [1.29, 1.82) is 0 Å². The Morgan fingerprint density at radius 2 is 2.14 bits per heavy atom. The van der Waals surface area contributed by atoms with Crippen LogP contribution < -0.4 is 11.1 Å². The van der Waals surface area contributed by atoms with Crippen LogP contribution >= 0.6 is 0 Å². The third kappa shape index (κ3) is 2.60. The van der Waals surface area contributed by atoms with Gasteiger partial charge in [-0.25, -0.2) is 0 Å². The van der Waals surface area contributed by atoms with Gasteiger partial charge in [-0.2, -0.15) is 0 Å². The Morgan fingerprint density at radius 3 is 2.86 bits per heavy atom. The van der Waals surface area contributed by atoms with Gasteiger partial charge in [-0.15, -0.1) is 0 Å². The summed E-state index contributed by atoms with van der Waals surface area (Å²) in [6.07, 6.45) is 1.05. The molecule has 0 radical (unpaired) electrons. The van der Waals surface area contributed by atoms with Gasteiger partial charge in [-0.1, -0.05) is 6.07 Å². The first kappa shape index (κ1) is 14.6. The van der Waals surface area contributed by atoms with Gasteiger partial charge in [0.05, 0.1) is 24.4 Å². The Balaban J connectivity index is 1.92. The molecule has 4 unspecified atom stereocenters. The number of benzene rings is 1. The summed E-state index contributed by atoms with van der Waals surface area (Å²) in [6.45, 7) is 1.13. The first-order valence-electron chi connectivity index (χ1n) is 7.42. The van der Waals surface area contributed by atoms with Crippen molar-refractivity contribution in [3.63, 3.8) is 0 Å². The van der Waals surface area contributed by atoms with Gasteiger partial charge in [0, 0.05) is 18.5 Å². The number of aliphatic hydroxyl groups excluding tert-OH is 1. The fourth-order valence-corrected chi connectivity index (χ4v) is 3.36. The zero-order chi connectivity index (χ0) is 15.0. The van der Waals surface area contributed by atoms with E-state index in [-0.39, 0.29) is 36.3 Å². The van der Waals surface area contributed by atoms with Crippen LogP contribution in [0.15, 0.2) is 12.1 Å². The lowest BCUT2D eigenvalue weighted by molar-refractivity contribution is -0.0722. The Morgan fingerprint density at radius 1 is 1.33 bits per heavy atom. The number of hydrogen-bond acceptors (Lipinski definition) is 6. The second kappa shape index (κ2) is 5.81. The van der Waals surface area contributed by atoms with Crippen molar-refractivity contribution in [2.24, 2.45) is 5.73 Å². The highest BCUT2D eigenvalue weighted by Crippen LogP contribution is 2.40. The maximum absolute atomic E-state index is 10.2. The van der Waals surface area contributed by atoms with E-state index < -0.39 is 6.10 Å². The number of nitrogens with two attached hydrogens (primary N) is 1. The molecule has 6 N–H and O–H groups in total. The number of ether oxygens (including phenoxy) is 1. The Labute approximate surface area is 123 Å². The monoisotopic (exact) mass is 294 g/mol. The van der Waals surface area contributed by atoms with E-state index in [0.717, 1.165) is 24.9 Å². The molecule has 0 bridgehead atoms. The topological polar surface area (TPSA) is 108 Å². The third-order valence-electron chi connectivity index (χ3n) is 4.47. The van der Waals surface area contributed by atoms with Crippen LogP contribution in [0.4, 0.5) is 0 Å². The number of nitrogens with one attached hydrogen (secondary N) is 1. The molecule has 2 aliphatic rings. The summed E-state index contributed by atoms with van der Waals surface area (Å²) in [4.78, 5) is 0. The number of rotatable bonds is 2. The smallest absolute Gasteiger partial charge is 0.161 e. The fourth-order valence-electron chi connectivity index (χ4n) is 3.36. The van der Waals surface area contributed by atoms with Gasteiger partial charge >= 0.3 is 0 Å². The van der Waals surface area contributed by atoms with Crippen LogP contribution in [0.5, 0.6) is 11.5 Å². The molecule has 1 fully saturated rings. The predicted octanol–water partition coefficient (Wildman–Crippen LogP) is 0.152. The molecule has 116 valence electrons. The molecule has 4 atom stereocenters. The molecule has 3 rings (SSSR count). The SMILES string of the molecule is NCC1OC(C2NCCCC2O)Cc2c1ccc(O)c2O. The highest BCUT2D eigenvalue weighted by molar-refractivity contribution is 5.51. The minimum Gasteiger partial charge on any atom is -0.504 e. The van der Waals surface area contributed by atoms with Crippen LogP contribution in [0.25, 0.3) is 0 Å². The highest BCUT2D eigenvalue weighted by Gasteiger charge is 2.38. The van der Waals surface area contributed by atoms with E-state index in [1.165, 1.54) is 6.07 Å². The van der Waals surface area contributed by atoms with Gasteiger partial charge in [0.25, 0.3) is 0 Å². The second-order valence-electron chi connectivity index (χ2n) is 5.79. The van der Waals surface area contributed by atoms with Crippen LogP contribution in [0, 0.1) is 0 Å². The van der Waals surface area contributed by atoms with Crippen molar-refractivity contribution in [3.05, 3.63) is 23.3 Å². The average Bonchev–Trinajstić information content (AvgIpc) is 2.50. The van der Waals surface area contributed by atoms with Crippen molar-refractivity contribution in [2.45, 2.75) is 43.6 Å². The van der Waals surface area contributed by atoms with E-state index in [1.807, 2.05) is 0 Å². The molecule has 0 aliphatic carbocycles. The quantitative estimate of drug-likeness (QED) is 0.497. The lowest BCUT2D eigenvalue weighted by Crippen LogP contribution is -2.55. The molecular formula is C15H22N2O4. The van der Waals surface area contributed by atoms with E-state index >= 15 is 0 Å². The maximum Gasteiger partial charge on any atom is 0.161 e. The largest absolute Gasteiger partial charge is 0.504 e.